The van der Waals surface area contributed by atoms with E-state index in [9.17, 15) is 9.59 Å². The summed E-state index contributed by atoms with van der Waals surface area (Å²) in [4.78, 5) is 26.4. The van der Waals surface area contributed by atoms with Crippen molar-refractivity contribution in [2.75, 3.05) is 26.3 Å². The third-order valence-electron chi connectivity index (χ3n) is 5.10. The average molecular weight is 411 g/mol. The predicted octanol–water partition coefficient (Wildman–Crippen LogP) is 3.42. The lowest BCUT2D eigenvalue weighted by atomic mass is 10.0. The van der Waals surface area contributed by atoms with Crippen LogP contribution in [-0.4, -0.2) is 49.1 Å². The second-order valence-electron chi connectivity index (χ2n) is 7.40. The largest absolute Gasteiger partial charge is 0.494 e. The van der Waals surface area contributed by atoms with Gasteiger partial charge in [-0.2, -0.15) is 0 Å². The van der Waals surface area contributed by atoms with Gasteiger partial charge in [0.25, 0.3) is 0 Å². The van der Waals surface area contributed by atoms with E-state index in [4.69, 9.17) is 9.47 Å². The first-order valence-corrected chi connectivity index (χ1v) is 10.6. The van der Waals surface area contributed by atoms with Crippen molar-refractivity contribution in [2.24, 2.45) is 0 Å². The van der Waals surface area contributed by atoms with Gasteiger partial charge in [-0.3, -0.25) is 9.59 Å². The summed E-state index contributed by atoms with van der Waals surface area (Å²) in [6.07, 6.45) is 3.07. The molecule has 0 aliphatic carbocycles. The summed E-state index contributed by atoms with van der Waals surface area (Å²) < 4.78 is 11.2. The number of carbonyl (C=O) groups excluding carboxylic acids is 2. The van der Waals surface area contributed by atoms with Gasteiger partial charge in [0.1, 0.15) is 11.5 Å². The van der Waals surface area contributed by atoms with E-state index in [2.05, 4.69) is 5.32 Å². The van der Waals surface area contributed by atoms with E-state index < -0.39 is 0 Å². The fourth-order valence-electron chi connectivity index (χ4n) is 3.44. The second-order valence-corrected chi connectivity index (χ2v) is 7.40. The Morgan fingerprint density at radius 3 is 2.00 bits per heavy atom. The fraction of sp³-hybridized carbons (Fsp3) is 0.417. The number of rotatable bonds is 10. The Morgan fingerprint density at radius 1 is 0.833 bits per heavy atom. The van der Waals surface area contributed by atoms with E-state index in [-0.39, 0.29) is 17.9 Å². The Hall–Kier alpha value is -3.02. The standard InChI is InChI=1S/C24H30N2O4/c27-23(12-7-18-29-21-8-3-1-4-9-21)25-20-13-16-26(17-14-20)24(28)15-19-30-22-10-5-2-6-11-22/h1-6,8-11,20H,7,12-19H2,(H,25,27). The van der Waals surface area contributed by atoms with E-state index >= 15 is 0 Å². The molecular weight excluding hydrogens is 380 g/mol. The number of hydrogen-bond acceptors (Lipinski definition) is 4. The van der Waals surface area contributed by atoms with Crippen molar-refractivity contribution >= 4 is 11.8 Å². The number of benzene rings is 2. The van der Waals surface area contributed by atoms with Gasteiger partial charge in [0, 0.05) is 25.6 Å². The summed E-state index contributed by atoms with van der Waals surface area (Å²) in [7, 11) is 0. The minimum atomic E-state index is 0.0488. The zero-order valence-corrected chi connectivity index (χ0v) is 17.3. The fourth-order valence-corrected chi connectivity index (χ4v) is 3.44. The molecule has 2 aromatic carbocycles. The maximum atomic E-state index is 12.4. The van der Waals surface area contributed by atoms with Crippen LogP contribution in [0.1, 0.15) is 32.1 Å². The lowest BCUT2D eigenvalue weighted by Crippen LogP contribution is -2.46. The van der Waals surface area contributed by atoms with Crippen molar-refractivity contribution in [3.8, 4) is 11.5 Å². The number of nitrogens with zero attached hydrogens (tertiary/aromatic N) is 1. The maximum absolute atomic E-state index is 12.4. The minimum absolute atomic E-state index is 0.0488. The van der Waals surface area contributed by atoms with Crippen LogP contribution in [0.5, 0.6) is 11.5 Å². The van der Waals surface area contributed by atoms with Crippen LogP contribution in [0.3, 0.4) is 0 Å². The van der Waals surface area contributed by atoms with Gasteiger partial charge < -0.3 is 19.7 Å². The molecule has 3 rings (SSSR count). The summed E-state index contributed by atoms with van der Waals surface area (Å²) in [5.41, 5.74) is 0. The van der Waals surface area contributed by atoms with Crippen molar-refractivity contribution in [2.45, 2.75) is 38.1 Å². The molecule has 160 valence electrons. The van der Waals surface area contributed by atoms with Crippen molar-refractivity contribution < 1.29 is 19.1 Å². The van der Waals surface area contributed by atoms with Crippen LogP contribution < -0.4 is 14.8 Å². The molecule has 2 aromatic rings. The molecule has 0 unspecified atom stereocenters. The molecule has 1 aliphatic heterocycles. The molecule has 1 aliphatic rings. The van der Waals surface area contributed by atoms with Crippen LogP contribution >= 0.6 is 0 Å². The molecule has 0 saturated carbocycles. The molecule has 2 amide bonds. The van der Waals surface area contributed by atoms with Gasteiger partial charge >= 0.3 is 0 Å². The van der Waals surface area contributed by atoms with E-state index in [1.54, 1.807) is 0 Å². The SMILES string of the molecule is O=C(CCCOc1ccccc1)NC1CCN(C(=O)CCOc2ccccc2)CC1. The number of likely N-dealkylation sites (tertiary alicyclic amines) is 1. The normalized spacial score (nSPS) is 14.2. The Kier molecular flexibility index (Phi) is 8.57. The van der Waals surface area contributed by atoms with E-state index in [1.165, 1.54) is 0 Å². The van der Waals surface area contributed by atoms with Gasteiger partial charge in [0.2, 0.25) is 11.8 Å². The quantitative estimate of drug-likeness (QED) is 0.610. The number of ether oxygens (including phenoxy) is 2. The van der Waals surface area contributed by atoms with Crippen LogP contribution in [0.25, 0.3) is 0 Å². The summed E-state index contributed by atoms with van der Waals surface area (Å²) >= 11 is 0. The Bertz CT molecular complexity index is 774. The van der Waals surface area contributed by atoms with Crippen molar-refractivity contribution in [1.29, 1.82) is 0 Å². The predicted molar refractivity (Wildman–Crippen MR) is 115 cm³/mol. The number of piperidine rings is 1. The van der Waals surface area contributed by atoms with Crippen LogP contribution in [0.15, 0.2) is 60.7 Å². The zero-order valence-electron chi connectivity index (χ0n) is 17.3. The molecule has 30 heavy (non-hydrogen) atoms. The zero-order chi connectivity index (χ0) is 21.0. The molecule has 0 atom stereocenters. The molecule has 1 heterocycles. The summed E-state index contributed by atoms with van der Waals surface area (Å²) in [5, 5.41) is 3.08. The molecule has 1 fully saturated rings. The third kappa shape index (κ3) is 7.43. The van der Waals surface area contributed by atoms with Gasteiger partial charge in [0.05, 0.1) is 19.6 Å². The Labute approximate surface area is 178 Å². The highest BCUT2D eigenvalue weighted by molar-refractivity contribution is 5.77. The van der Waals surface area contributed by atoms with Crippen LogP contribution in [0.4, 0.5) is 0 Å². The van der Waals surface area contributed by atoms with Gasteiger partial charge in [-0.15, -0.1) is 0 Å². The van der Waals surface area contributed by atoms with Gasteiger partial charge in [-0.1, -0.05) is 36.4 Å². The van der Waals surface area contributed by atoms with Crippen molar-refractivity contribution in [1.82, 2.24) is 10.2 Å². The monoisotopic (exact) mass is 410 g/mol. The molecule has 1 N–H and O–H groups in total. The van der Waals surface area contributed by atoms with Gasteiger partial charge in [0.15, 0.2) is 0 Å². The highest BCUT2D eigenvalue weighted by Gasteiger charge is 2.23. The topological polar surface area (TPSA) is 67.9 Å². The summed E-state index contributed by atoms with van der Waals surface area (Å²) in [5.74, 6) is 1.76. The van der Waals surface area contributed by atoms with Crippen LogP contribution in [0, 0.1) is 0 Å². The summed E-state index contributed by atoms with van der Waals surface area (Å²) in [6.45, 7) is 2.25. The van der Waals surface area contributed by atoms with E-state index in [1.807, 2.05) is 65.6 Å². The van der Waals surface area contributed by atoms with Crippen molar-refractivity contribution in [3.63, 3.8) is 0 Å². The van der Waals surface area contributed by atoms with E-state index in [0.717, 1.165) is 24.3 Å². The lowest BCUT2D eigenvalue weighted by Gasteiger charge is -2.32. The number of para-hydroxylation sites is 2. The molecule has 6 heteroatoms. The van der Waals surface area contributed by atoms with Crippen molar-refractivity contribution in [3.05, 3.63) is 60.7 Å². The highest BCUT2D eigenvalue weighted by Crippen LogP contribution is 2.14. The first kappa shape index (κ1) is 21.7. The Morgan fingerprint density at radius 2 is 1.40 bits per heavy atom. The number of amides is 2. The molecule has 0 radical (unpaired) electrons. The number of hydrogen-bond donors (Lipinski definition) is 1. The molecule has 1 saturated heterocycles. The second kappa shape index (κ2) is 11.9. The first-order valence-electron chi connectivity index (χ1n) is 10.6. The number of carbonyl (C=O) groups is 2. The molecular formula is C24H30N2O4. The van der Waals surface area contributed by atoms with E-state index in [0.29, 0.717) is 45.6 Å². The van der Waals surface area contributed by atoms with Gasteiger partial charge in [-0.25, -0.2) is 0 Å². The van der Waals surface area contributed by atoms with Gasteiger partial charge in [-0.05, 0) is 43.5 Å². The smallest absolute Gasteiger partial charge is 0.225 e. The lowest BCUT2D eigenvalue weighted by molar-refractivity contribution is -0.132. The van der Waals surface area contributed by atoms with Crippen LogP contribution in [0.2, 0.25) is 0 Å². The third-order valence-corrected chi connectivity index (χ3v) is 5.10. The average Bonchev–Trinajstić information content (AvgIpc) is 2.78. The molecule has 0 aromatic heterocycles. The molecule has 0 bridgehead atoms. The molecule has 6 nitrogen and oxygen atoms in total. The molecule has 0 spiro atoms. The first-order chi connectivity index (χ1) is 14.7. The Balaban J connectivity index is 1.25. The highest BCUT2D eigenvalue weighted by atomic mass is 16.5. The minimum Gasteiger partial charge on any atom is -0.494 e. The maximum Gasteiger partial charge on any atom is 0.225 e. The number of nitrogens with one attached hydrogen (secondary N) is 1. The summed E-state index contributed by atoms with van der Waals surface area (Å²) in [6, 6.07) is 19.3. The van der Waals surface area contributed by atoms with Crippen LogP contribution in [-0.2, 0) is 9.59 Å².